The fraction of sp³-hybridized carbons (Fsp3) is 0.471. The maximum atomic E-state index is 12.7. The summed E-state index contributed by atoms with van der Waals surface area (Å²) in [5.74, 6) is 0. The first-order chi connectivity index (χ1) is 10.7. The summed E-state index contributed by atoms with van der Waals surface area (Å²) < 4.78 is 28.6. The predicted molar refractivity (Wildman–Crippen MR) is 91.7 cm³/mol. The van der Waals surface area contributed by atoms with Gasteiger partial charge in [0.1, 0.15) is 0 Å². The summed E-state index contributed by atoms with van der Waals surface area (Å²) in [7, 11) is -1.91. The van der Waals surface area contributed by atoms with E-state index in [-0.39, 0.29) is 5.41 Å². The molecule has 0 spiro atoms. The Bertz CT molecular complexity index is 756. The maximum Gasteiger partial charge on any atom is 0.243 e. The summed E-state index contributed by atoms with van der Waals surface area (Å²) in [5.41, 5.74) is 2.00. The van der Waals surface area contributed by atoms with Gasteiger partial charge in [-0.3, -0.25) is 4.68 Å². The number of aryl methyl sites for hydroxylation is 1. The third kappa shape index (κ3) is 3.82. The van der Waals surface area contributed by atoms with Crippen LogP contribution in [0.3, 0.4) is 0 Å². The summed E-state index contributed by atoms with van der Waals surface area (Å²) in [6, 6.07) is 8.99. The highest BCUT2D eigenvalue weighted by Crippen LogP contribution is 2.24. The van der Waals surface area contributed by atoms with Gasteiger partial charge in [-0.2, -0.15) is 9.40 Å². The predicted octanol–water partition coefficient (Wildman–Crippen LogP) is 3.02. The Morgan fingerprint density at radius 3 is 2.26 bits per heavy atom. The summed E-state index contributed by atoms with van der Waals surface area (Å²) in [6.45, 7) is 9.32. The minimum atomic E-state index is -3.51. The van der Waals surface area contributed by atoms with Crippen molar-refractivity contribution in [3.05, 3.63) is 47.8 Å². The highest BCUT2D eigenvalue weighted by atomic mass is 32.2. The van der Waals surface area contributed by atoms with Gasteiger partial charge in [0, 0.05) is 19.8 Å². The van der Waals surface area contributed by atoms with Crippen molar-refractivity contribution in [1.29, 1.82) is 0 Å². The van der Waals surface area contributed by atoms with Crippen LogP contribution < -0.4 is 0 Å². The maximum absolute atomic E-state index is 12.7. The number of aromatic nitrogens is 2. The molecule has 6 heteroatoms. The summed E-state index contributed by atoms with van der Waals surface area (Å²) in [6.07, 6.45) is 1.69. The fourth-order valence-electron chi connectivity index (χ4n) is 2.40. The lowest BCUT2D eigenvalue weighted by Gasteiger charge is -2.21. The lowest BCUT2D eigenvalue weighted by molar-refractivity contribution is 0.447. The van der Waals surface area contributed by atoms with Gasteiger partial charge < -0.3 is 0 Å². The van der Waals surface area contributed by atoms with E-state index < -0.39 is 10.0 Å². The Morgan fingerprint density at radius 1 is 1.13 bits per heavy atom. The van der Waals surface area contributed by atoms with Crippen molar-refractivity contribution < 1.29 is 8.42 Å². The molecular formula is C17H25N3O2S. The molecule has 0 aliphatic heterocycles. The molecule has 0 saturated carbocycles. The Kier molecular flexibility index (Phi) is 4.96. The molecule has 1 aromatic carbocycles. The number of benzene rings is 1. The van der Waals surface area contributed by atoms with E-state index in [1.54, 1.807) is 30.1 Å². The topological polar surface area (TPSA) is 55.2 Å². The fourth-order valence-corrected chi connectivity index (χ4v) is 3.54. The van der Waals surface area contributed by atoms with Crippen molar-refractivity contribution in [1.82, 2.24) is 14.1 Å². The zero-order valence-corrected chi connectivity index (χ0v) is 15.3. The van der Waals surface area contributed by atoms with Crippen LogP contribution in [0.15, 0.2) is 41.4 Å². The highest BCUT2D eigenvalue weighted by molar-refractivity contribution is 7.89. The molecule has 0 bridgehead atoms. The second-order valence-corrected chi connectivity index (χ2v) is 8.72. The molecule has 0 aliphatic carbocycles. The molecule has 0 N–H and O–H groups in total. The van der Waals surface area contributed by atoms with Gasteiger partial charge in [0.25, 0.3) is 0 Å². The molecule has 0 aliphatic rings. The van der Waals surface area contributed by atoms with Crippen LogP contribution in [-0.2, 0) is 28.5 Å². The molecule has 5 nitrogen and oxygen atoms in total. The molecule has 23 heavy (non-hydrogen) atoms. The lowest BCUT2D eigenvalue weighted by atomic mass is 9.87. The molecule has 2 aromatic rings. The molecule has 0 unspecified atom stereocenters. The van der Waals surface area contributed by atoms with E-state index >= 15 is 0 Å². The monoisotopic (exact) mass is 335 g/mol. The third-order valence-corrected chi connectivity index (χ3v) is 5.73. The van der Waals surface area contributed by atoms with E-state index in [4.69, 9.17) is 0 Å². The highest BCUT2D eigenvalue weighted by Gasteiger charge is 2.23. The SMILES string of the molecule is CCn1nccc1CN(C)S(=O)(=O)c1ccc(C(C)(C)C)cc1. The minimum absolute atomic E-state index is 0.00180. The molecule has 1 heterocycles. The van der Waals surface area contributed by atoms with Crippen molar-refractivity contribution in [2.75, 3.05) is 7.05 Å². The van der Waals surface area contributed by atoms with Crippen LogP contribution in [0, 0.1) is 0 Å². The van der Waals surface area contributed by atoms with Crippen LogP contribution >= 0.6 is 0 Å². The van der Waals surface area contributed by atoms with Crippen LogP contribution in [0.2, 0.25) is 0 Å². The zero-order chi connectivity index (χ0) is 17.3. The first-order valence-electron chi connectivity index (χ1n) is 7.74. The number of sulfonamides is 1. The van der Waals surface area contributed by atoms with E-state index in [2.05, 4.69) is 25.9 Å². The molecule has 0 radical (unpaired) electrons. The largest absolute Gasteiger partial charge is 0.269 e. The normalized spacial score (nSPS) is 12.8. The van der Waals surface area contributed by atoms with E-state index in [9.17, 15) is 8.42 Å². The standard InChI is InChI=1S/C17H25N3O2S/c1-6-20-15(11-12-18-20)13-19(5)23(21,22)16-9-7-14(8-10-16)17(2,3)4/h7-12H,6,13H2,1-5H3. The molecular weight excluding hydrogens is 310 g/mol. The van der Waals surface area contributed by atoms with Crippen LogP contribution in [-0.4, -0.2) is 29.6 Å². The average Bonchev–Trinajstić information content (AvgIpc) is 2.93. The summed E-state index contributed by atoms with van der Waals surface area (Å²) in [5, 5.41) is 4.18. The van der Waals surface area contributed by atoms with Crippen LogP contribution in [0.5, 0.6) is 0 Å². The lowest BCUT2D eigenvalue weighted by Crippen LogP contribution is -2.27. The number of hydrogen-bond donors (Lipinski definition) is 0. The van der Waals surface area contributed by atoms with Crippen molar-refractivity contribution in [2.45, 2.75) is 51.1 Å². The van der Waals surface area contributed by atoms with Crippen molar-refractivity contribution in [3.63, 3.8) is 0 Å². The van der Waals surface area contributed by atoms with Gasteiger partial charge in [0.05, 0.1) is 17.1 Å². The number of nitrogens with zero attached hydrogens (tertiary/aromatic N) is 3. The molecule has 1 aromatic heterocycles. The zero-order valence-electron chi connectivity index (χ0n) is 14.4. The minimum Gasteiger partial charge on any atom is -0.269 e. The van der Waals surface area contributed by atoms with Crippen LogP contribution in [0.1, 0.15) is 39.0 Å². The van der Waals surface area contributed by atoms with E-state index in [0.717, 1.165) is 17.8 Å². The van der Waals surface area contributed by atoms with Crippen molar-refractivity contribution >= 4 is 10.0 Å². The van der Waals surface area contributed by atoms with Gasteiger partial charge in [-0.25, -0.2) is 8.42 Å². The smallest absolute Gasteiger partial charge is 0.243 e. The van der Waals surface area contributed by atoms with Gasteiger partial charge >= 0.3 is 0 Å². The van der Waals surface area contributed by atoms with Crippen molar-refractivity contribution in [2.24, 2.45) is 0 Å². The van der Waals surface area contributed by atoms with Gasteiger partial charge in [-0.05, 0) is 36.1 Å². The Morgan fingerprint density at radius 2 is 1.74 bits per heavy atom. The van der Waals surface area contributed by atoms with E-state index in [0.29, 0.717) is 11.4 Å². The Hall–Kier alpha value is -1.66. The van der Waals surface area contributed by atoms with Crippen LogP contribution in [0.25, 0.3) is 0 Å². The first-order valence-corrected chi connectivity index (χ1v) is 9.18. The molecule has 0 fully saturated rings. The summed E-state index contributed by atoms with van der Waals surface area (Å²) in [4.78, 5) is 0.315. The Balaban J connectivity index is 2.23. The Labute approximate surface area is 139 Å². The summed E-state index contributed by atoms with van der Waals surface area (Å²) >= 11 is 0. The first kappa shape index (κ1) is 17.7. The van der Waals surface area contributed by atoms with Gasteiger partial charge in [0.15, 0.2) is 0 Å². The van der Waals surface area contributed by atoms with Gasteiger partial charge in [-0.15, -0.1) is 0 Å². The van der Waals surface area contributed by atoms with Crippen molar-refractivity contribution in [3.8, 4) is 0 Å². The van der Waals surface area contributed by atoms with Gasteiger partial charge in [-0.1, -0.05) is 32.9 Å². The van der Waals surface area contributed by atoms with Crippen LogP contribution in [0.4, 0.5) is 0 Å². The number of rotatable bonds is 5. The van der Waals surface area contributed by atoms with Gasteiger partial charge in [0.2, 0.25) is 10.0 Å². The second kappa shape index (κ2) is 6.45. The molecule has 126 valence electrons. The third-order valence-electron chi connectivity index (χ3n) is 3.92. The molecule has 0 saturated heterocycles. The van der Waals surface area contributed by atoms with E-state index in [1.807, 2.05) is 25.1 Å². The molecule has 2 rings (SSSR count). The molecule has 0 atom stereocenters. The second-order valence-electron chi connectivity index (χ2n) is 6.67. The number of hydrogen-bond acceptors (Lipinski definition) is 3. The van der Waals surface area contributed by atoms with E-state index in [1.165, 1.54) is 4.31 Å². The molecule has 0 amide bonds. The average molecular weight is 335 g/mol. The quantitative estimate of drug-likeness (QED) is 0.844.